The molecular weight excluding hydrogens is 371 g/mol. The Bertz CT molecular complexity index is 257. The molecule has 4 nitrogen and oxygen atoms in total. The highest BCUT2D eigenvalue weighted by Gasteiger charge is 2.14. The van der Waals surface area contributed by atoms with Crippen LogP contribution in [-0.4, -0.2) is 65.5 Å². The first-order valence-corrected chi connectivity index (χ1v) is 8.06. The summed E-state index contributed by atoms with van der Waals surface area (Å²) in [6, 6.07) is 1.13. The molecule has 114 valence electrons. The number of rotatable bonds is 5. The SMILES string of the molecule is CC(C)N(CCN=C(N)N1CCSCC1)C(C)C.I. The lowest BCUT2D eigenvalue weighted by Crippen LogP contribution is -2.43. The van der Waals surface area contributed by atoms with Crippen molar-refractivity contribution in [3.63, 3.8) is 0 Å². The van der Waals surface area contributed by atoms with Crippen molar-refractivity contribution in [2.45, 2.75) is 39.8 Å². The van der Waals surface area contributed by atoms with E-state index < -0.39 is 0 Å². The molecule has 1 aliphatic rings. The van der Waals surface area contributed by atoms with E-state index in [9.17, 15) is 0 Å². The van der Waals surface area contributed by atoms with E-state index >= 15 is 0 Å². The van der Waals surface area contributed by atoms with Crippen molar-refractivity contribution in [3.8, 4) is 0 Å². The summed E-state index contributed by atoms with van der Waals surface area (Å²) < 4.78 is 0. The third-order valence-corrected chi connectivity index (χ3v) is 4.24. The molecule has 0 radical (unpaired) electrons. The number of halogens is 1. The van der Waals surface area contributed by atoms with Crippen molar-refractivity contribution in [2.24, 2.45) is 10.7 Å². The summed E-state index contributed by atoms with van der Waals surface area (Å²) in [7, 11) is 0. The Morgan fingerprint density at radius 1 is 1.21 bits per heavy atom. The molecule has 1 saturated heterocycles. The van der Waals surface area contributed by atoms with Crippen molar-refractivity contribution in [1.29, 1.82) is 0 Å². The van der Waals surface area contributed by atoms with Crippen LogP contribution in [0.15, 0.2) is 4.99 Å². The van der Waals surface area contributed by atoms with Crippen LogP contribution in [0.1, 0.15) is 27.7 Å². The van der Waals surface area contributed by atoms with Gasteiger partial charge in [0.05, 0.1) is 6.54 Å². The van der Waals surface area contributed by atoms with Gasteiger partial charge in [-0.15, -0.1) is 24.0 Å². The molecule has 1 aliphatic heterocycles. The highest BCUT2D eigenvalue weighted by Crippen LogP contribution is 2.08. The van der Waals surface area contributed by atoms with Crippen LogP contribution >= 0.6 is 35.7 Å². The molecule has 0 atom stereocenters. The largest absolute Gasteiger partial charge is 0.370 e. The molecule has 6 heteroatoms. The minimum absolute atomic E-state index is 0. The van der Waals surface area contributed by atoms with Gasteiger partial charge in [-0.2, -0.15) is 11.8 Å². The first-order valence-electron chi connectivity index (χ1n) is 6.90. The van der Waals surface area contributed by atoms with E-state index in [-0.39, 0.29) is 24.0 Å². The van der Waals surface area contributed by atoms with E-state index in [1.54, 1.807) is 0 Å². The van der Waals surface area contributed by atoms with Crippen molar-refractivity contribution in [1.82, 2.24) is 9.80 Å². The number of guanidine groups is 1. The minimum atomic E-state index is 0. The van der Waals surface area contributed by atoms with Crippen molar-refractivity contribution in [2.75, 3.05) is 37.7 Å². The van der Waals surface area contributed by atoms with E-state index in [1.807, 2.05) is 11.8 Å². The second-order valence-corrected chi connectivity index (χ2v) is 6.49. The molecule has 0 aromatic rings. The lowest BCUT2D eigenvalue weighted by Gasteiger charge is -2.30. The average Bonchev–Trinajstić information content (AvgIpc) is 2.34. The van der Waals surface area contributed by atoms with Crippen LogP contribution in [0.4, 0.5) is 0 Å². The maximum absolute atomic E-state index is 6.04. The van der Waals surface area contributed by atoms with Gasteiger partial charge in [0.2, 0.25) is 0 Å². The Kier molecular flexibility index (Phi) is 10.3. The second kappa shape index (κ2) is 10.1. The molecule has 0 saturated carbocycles. The van der Waals surface area contributed by atoms with Crippen LogP contribution in [-0.2, 0) is 0 Å². The van der Waals surface area contributed by atoms with Gasteiger partial charge in [-0.1, -0.05) is 0 Å². The Balaban J connectivity index is 0.00000324. The van der Waals surface area contributed by atoms with Crippen molar-refractivity contribution in [3.05, 3.63) is 0 Å². The molecule has 2 N–H and O–H groups in total. The number of hydrogen-bond acceptors (Lipinski definition) is 3. The summed E-state index contributed by atoms with van der Waals surface area (Å²) in [5.74, 6) is 3.06. The summed E-state index contributed by atoms with van der Waals surface area (Å²) in [6.07, 6.45) is 0. The third-order valence-electron chi connectivity index (χ3n) is 3.29. The molecule has 0 unspecified atom stereocenters. The average molecular weight is 400 g/mol. The predicted molar refractivity (Wildman–Crippen MR) is 97.8 cm³/mol. The Labute approximate surface area is 139 Å². The highest BCUT2D eigenvalue weighted by atomic mass is 127. The smallest absolute Gasteiger partial charge is 0.191 e. The zero-order valence-electron chi connectivity index (χ0n) is 12.6. The number of thioether (sulfide) groups is 1. The first-order chi connectivity index (χ1) is 8.52. The van der Waals surface area contributed by atoms with E-state index in [0.29, 0.717) is 12.1 Å². The molecule has 0 aliphatic carbocycles. The van der Waals surface area contributed by atoms with E-state index in [2.05, 4.69) is 42.5 Å². The third kappa shape index (κ3) is 7.04. The maximum atomic E-state index is 6.04. The number of nitrogens with two attached hydrogens (primary N) is 1. The Morgan fingerprint density at radius 3 is 2.21 bits per heavy atom. The molecular formula is C13H29IN4S. The van der Waals surface area contributed by atoms with Crippen LogP contribution in [0, 0.1) is 0 Å². The zero-order valence-corrected chi connectivity index (χ0v) is 15.8. The normalized spacial score (nSPS) is 17.2. The Morgan fingerprint density at radius 2 is 1.74 bits per heavy atom. The summed E-state index contributed by atoms with van der Waals surface area (Å²) in [4.78, 5) is 9.17. The standard InChI is InChI=1S/C13H28N4S.HI/c1-11(2)17(12(3)4)6-5-15-13(14)16-7-9-18-10-8-16;/h11-12H,5-10H2,1-4H3,(H2,14,15);1H. The van der Waals surface area contributed by atoms with Crippen molar-refractivity contribution >= 4 is 41.7 Å². The molecule has 19 heavy (non-hydrogen) atoms. The Hall–Kier alpha value is 0.310. The van der Waals surface area contributed by atoms with E-state index in [4.69, 9.17) is 5.73 Å². The zero-order chi connectivity index (χ0) is 13.5. The van der Waals surface area contributed by atoms with Gasteiger partial charge in [-0.3, -0.25) is 9.89 Å². The maximum Gasteiger partial charge on any atom is 0.191 e. The van der Waals surface area contributed by atoms with Gasteiger partial charge in [0.15, 0.2) is 5.96 Å². The monoisotopic (exact) mass is 400 g/mol. The minimum Gasteiger partial charge on any atom is -0.370 e. The quantitative estimate of drug-likeness (QED) is 0.436. The van der Waals surface area contributed by atoms with Gasteiger partial charge in [0.25, 0.3) is 0 Å². The summed E-state index contributed by atoms with van der Waals surface area (Å²) in [6.45, 7) is 12.8. The molecule has 0 aromatic carbocycles. The van der Waals surface area contributed by atoms with Crippen LogP contribution in [0.5, 0.6) is 0 Å². The molecule has 0 aromatic heterocycles. The number of hydrogen-bond donors (Lipinski definition) is 1. The summed E-state index contributed by atoms with van der Waals surface area (Å²) in [5.41, 5.74) is 6.04. The fourth-order valence-electron chi connectivity index (χ4n) is 2.29. The summed E-state index contributed by atoms with van der Waals surface area (Å²) >= 11 is 1.99. The first kappa shape index (κ1) is 19.3. The molecule has 1 fully saturated rings. The second-order valence-electron chi connectivity index (χ2n) is 5.26. The topological polar surface area (TPSA) is 44.9 Å². The van der Waals surface area contributed by atoms with Gasteiger partial charge in [0.1, 0.15) is 0 Å². The molecule has 0 bridgehead atoms. The summed E-state index contributed by atoms with van der Waals surface area (Å²) in [5, 5.41) is 0. The van der Waals surface area contributed by atoms with Crippen LogP contribution in [0.3, 0.4) is 0 Å². The highest BCUT2D eigenvalue weighted by molar-refractivity contribution is 14.0. The lowest BCUT2D eigenvalue weighted by molar-refractivity contribution is 0.180. The molecule has 1 heterocycles. The van der Waals surface area contributed by atoms with Crippen LogP contribution < -0.4 is 5.73 Å². The van der Waals surface area contributed by atoms with Gasteiger partial charge < -0.3 is 10.6 Å². The van der Waals surface area contributed by atoms with Crippen LogP contribution in [0.2, 0.25) is 0 Å². The van der Waals surface area contributed by atoms with Crippen LogP contribution in [0.25, 0.3) is 0 Å². The predicted octanol–water partition coefficient (Wildman–Crippen LogP) is 2.09. The van der Waals surface area contributed by atoms with E-state index in [1.165, 1.54) is 11.5 Å². The number of nitrogens with zero attached hydrogens (tertiary/aromatic N) is 3. The van der Waals surface area contributed by atoms with Gasteiger partial charge in [0, 0.05) is 43.2 Å². The fraction of sp³-hybridized carbons (Fsp3) is 0.923. The lowest BCUT2D eigenvalue weighted by atomic mass is 10.2. The van der Waals surface area contributed by atoms with Gasteiger partial charge in [-0.05, 0) is 27.7 Å². The van der Waals surface area contributed by atoms with Crippen molar-refractivity contribution < 1.29 is 0 Å². The number of aliphatic imine (C=N–C) groups is 1. The van der Waals surface area contributed by atoms with Gasteiger partial charge in [-0.25, -0.2) is 0 Å². The molecule has 0 amide bonds. The molecule has 1 rings (SSSR count). The fourth-order valence-corrected chi connectivity index (χ4v) is 3.19. The van der Waals surface area contributed by atoms with Gasteiger partial charge >= 0.3 is 0 Å². The molecule has 0 spiro atoms. The van der Waals surface area contributed by atoms with E-state index in [0.717, 1.165) is 32.1 Å².